The number of likely N-dealkylation sites (tertiary alicyclic amines) is 1. The third kappa shape index (κ3) is 5.03. The van der Waals surface area contributed by atoms with Crippen molar-refractivity contribution in [3.63, 3.8) is 0 Å². The minimum Gasteiger partial charge on any atom is -0.494 e. The van der Waals surface area contributed by atoms with Gasteiger partial charge in [0.25, 0.3) is 0 Å². The molecule has 1 fully saturated rings. The van der Waals surface area contributed by atoms with Gasteiger partial charge in [0, 0.05) is 37.9 Å². The van der Waals surface area contributed by atoms with Gasteiger partial charge < -0.3 is 19.8 Å². The van der Waals surface area contributed by atoms with Gasteiger partial charge in [-0.05, 0) is 37.6 Å². The zero-order valence-electron chi connectivity index (χ0n) is 14.2. The lowest BCUT2D eigenvalue weighted by molar-refractivity contribution is -0.165. The Labute approximate surface area is 146 Å². The summed E-state index contributed by atoms with van der Waals surface area (Å²) in [5.41, 5.74) is -1.10. The topological polar surface area (TPSA) is 104 Å². The molecule has 25 heavy (non-hydrogen) atoms. The highest BCUT2D eigenvalue weighted by Gasteiger charge is 2.40. The summed E-state index contributed by atoms with van der Waals surface area (Å²) in [5, 5.41) is 18.8. The van der Waals surface area contributed by atoms with Gasteiger partial charge in [0.2, 0.25) is 5.91 Å². The van der Waals surface area contributed by atoms with Gasteiger partial charge in [0.15, 0.2) is 11.4 Å². The van der Waals surface area contributed by atoms with Gasteiger partial charge in [-0.1, -0.05) is 0 Å². The van der Waals surface area contributed by atoms with E-state index in [4.69, 9.17) is 9.84 Å². The Morgan fingerprint density at radius 1 is 1.16 bits per heavy atom. The van der Waals surface area contributed by atoms with Crippen LogP contribution in [0.1, 0.15) is 43.0 Å². The molecule has 0 atom stereocenters. The lowest BCUT2D eigenvalue weighted by Gasteiger charge is -2.35. The number of carbonyl (C=O) groups is 3. The fourth-order valence-corrected chi connectivity index (χ4v) is 2.70. The van der Waals surface area contributed by atoms with Crippen LogP contribution in [0.5, 0.6) is 5.75 Å². The van der Waals surface area contributed by atoms with Gasteiger partial charge in [-0.25, -0.2) is 4.79 Å². The maximum Gasteiger partial charge on any atom is 0.335 e. The number of carboxylic acid groups (broad SMARTS) is 1. The Kier molecular flexibility index (Phi) is 6.14. The van der Waals surface area contributed by atoms with Gasteiger partial charge in [0.05, 0.1) is 6.61 Å². The highest BCUT2D eigenvalue weighted by molar-refractivity contribution is 5.94. The van der Waals surface area contributed by atoms with Crippen LogP contribution in [0.3, 0.4) is 0 Å². The predicted molar refractivity (Wildman–Crippen MR) is 89.6 cm³/mol. The number of rotatable bonds is 7. The monoisotopic (exact) mass is 349 g/mol. The van der Waals surface area contributed by atoms with E-state index in [0.29, 0.717) is 30.8 Å². The van der Waals surface area contributed by atoms with Crippen LogP contribution in [0, 0.1) is 0 Å². The van der Waals surface area contributed by atoms with E-state index >= 15 is 0 Å². The van der Waals surface area contributed by atoms with E-state index in [2.05, 4.69) is 0 Å². The molecule has 0 unspecified atom stereocenters. The number of nitrogens with zero attached hydrogens (tertiary/aromatic N) is 1. The first kappa shape index (κ1) is 18.9. The number of piperidine rings is 1. The molecule has 2 rings (SSSR count). The lowest BCUT2D eigenvalue weighted by Crippen LogP contribution is -2.50. The van der Waals surface area contributed by atoms with Crippen LogP contribution in [-0.2, 0) is 9.59 Å². The molecule has 1 aromatic carbocycles. The standard InChI is InChI=1S/C18H23NO6/c1-13(20)14-4-6-15(7-5-14)25-12-2-3-16(21)19-10-8-18(24,9-11-19)17(22)23/h4-7,24H,2-3,8-12H2,1H3,(H,22,23). The number of aliphatic carboxylic acids is 1. The zero-order valence-corrected chi connectivity index (χ0v) is 14.2. The summed E-state index contributed by atoms with van der Waals surface area (Å²) in [7, 11) is 0. The van der Waals surface area contributed by atoms with Crippen molar-refractivity contribution in [2.45, 2.75) is 38.2 Å². The van der Waals surface area contributed by atoms with E-state index in [1.807, 2.05) is 0 Å². The Morgan fingerprint density at radius 2 is 1.76 bits per heavy atom. The van der Waals surface area contributed by atoms with Crippen LogP contribution >= 0.6 is 0 Å². The molecule has 0 saturated carbocycles. The Balaban J connectivity index is 1.69. The summed E-state index contributed by atoms with van der Waals surface area (Å²) in [6, 6.07) is 6.83. The number of carboxylic acids is 1. The number of amides is 1. The molecule has 0 aliphatic carbocycles. The summed E-state index contributed by atoms with van der Waals surface area (Å²) in [5.74, 6) is -0.665. The molecule has 1 amide bonds. The zero-order chi connectivity index (χ0) is 18.4. The number of benzene rings is 1. The number of aliphatic hydroxyl groups is 1. The van der Waals surface area contributed by atoms with E-state index in [1.54, 1.807) is 29.2 Å². The average molecular weight is 349 g/mol. The van der Waals surface area contributed by atoms with Crippen molar-refractivity contribution in [1.29, 1.82) is 0 Å². The SMILES string of the molecule is CC(=O)c1ccc(OCCCC(=O)N2CCC(O)(C(=O)O)CC2)cc1. The van der Waals surface area contributed by atoms with Gasteiger partial charge in [-0.3, -0.25) is 9.59 Å². The van der Waals surface area contributed by atoms with E-state index in [9.17, 15) is 19.5 Å². The van der Waals surface area contributed by atoms with Crippen molar-refractivity contribution in [1.82, 2.24) is 4.90 Å². The van der Waals surface area contributed by atoms with Crippen molar-refractivity contribution < 1.29 is 29.3 Å². The molecule has 1 aliphatic heterocycles. The average Bonchev–Trinajstić information content (AvgIpc) is 2.59. The molecule has 7 nitrogen and oxygen atoms in total. The lowest BCUT2D eigenvalue weighted by atomic mass is 9.91. The fraction of sp³-hybridized carbons (Fsp3) is 0.500. The van der Waals surface area contributed by atoms with Crippen molar-refractivity contribution in [3.05, 3.63) is 29.8 Å². The minimum absolute atomic E-state index is 0.00604. The van der Waals surface area contributed by atoms with Crippen LogP contribution < -0.4 is 4.74 Å². The largest absolute Gasteiger partial charge is 0.494 e. The highest BCUT2D eigenvalue weighted by atomic mass is 16.5. The van der Waals surface area contributed by atoms with Crippen LogP contribution in [0.15, 0.2) is 24.3 Å². The normalized spacial score (nSPS) is 16.3. The first-order chi connectivity index (χ1) is 11.8. The third-order valence-electron chi connectivity index (χ3n) is 4.41. The number of ketones is 1. The second-order valence-corrected chi connectivity index (χ2v) is 6.25. The van der Waals surface area contributed by atoms with Crippen molar-refractivity contribution >= 4 is 17.7 Å². The molecule has 0 radical (unpaired) electrons. The molecule has 1 aromatic rings. The van der Waals surface area contributed by atoms with Crippen LogP contribution in [-0.4, -0.2) is 58.1 Å². The predicted octanol–water partition coefficient (Wildman–Crippen LogP) is 1.49. The van der Waals surface area contributed by atoms with Crippen LogP contribution in [0.4, 0.5) is 0 Å². The Hall–Kier alpha value is -2.41. The first-order valence-corrected chi connectivity index (χ1v) is 8.29. The quantitative estimate of drug-likeness (QED) is 0.571. The molecule has 7 heteroatoms. The highest BCUT2D eigenvalue weighted by Crippen LogP contribution is 2.23. The van der Waals surface area contributed by atoms with E-state index in [0.717, 1.165) is 0 Å². The second-order valence-electron chi connectivity index (χ2n) is 6.25. The molecule has 136 valence electrons. The number of hydrogen-bond acceptors (Lipinski definition) is 5. The molecule has 2 N–H and O–H groups in total. The van der Waals surface area contributed by atoms with E-state index in [1.165, 1.54) is 6.92 Å². The number of ether oxygens (including phenoxy) is 1. The van der Waals surface area contributed by atoms with Gasteiger partial charge in [-0.2, -0.15) is 0 Å². The summed E-state index contributed by atoms with van der Waals surface area (Å²) in [4.78, 5) is 35.9. The van der Waals surface area contributed by atoms with Crippen LogP contribution in [0.2, 0.25) is 0 Å². The van der Waals surface area contributed by atoms with Gasteiger partial charge in [0.1, 0.15) is 5.75 Å². The maximum absolute atomic E-state index is 12.1. The molecule has 1 aliphatic rings. The van der Waals surface area contributed by atoms with Crippen molar-refractivity contribution in [3.8, 4) is 5.75 Å². The summed E-state index contributed by atoms with van der Waals surface area (Å²) >= 11 is 0. The summed E-state index contributed by atoms with van der Waals surface area (Å²) < 4.78 is 5.54. The van der Waals surface area contributed by atoms with E-state index < -0.39 is 11.6 Å². The maximum atomic E-state index is 12.1. The van der Waals surface area contributed by atoms with Crippen molar-refractivity contribution in [2.24, 2.45) is 0 Å². The Morgan fingerprint density at radius 3 is 2.28 bits per heavy atom. The molecule has 0 aromatic heterocycles. The minimum atomic E-state index is -1.72. The van der Waals surface area contributed by atoms with Crippen molar-refractivity contribution in [2.75, 3.05) is 19.7 Å². The van der Waals surface area contributed by atoms with Crippen LogP contribution in [0.25, 0.3) is 0 Å². The summed E-state index contributed by atoms with van der Waals surface area (Å²) in [6.07, 6.45) is 0.935. The number of Topliss-reactive ketones (excluding diaryl/α,β-unsaturated/α-hetero) is 1. The molecular formula is C18H23NO6. The smallest absolute Gasteiger partial charge is 0.335 e. The fourth-order valence-electron chi connectivity index (χ4n) is 2.70. The molecule has 1 saturated heterocycles. The second kappa shape index (κ2) is 8.11. The molecule has 0 bridgehead atoms. The van der Waals surface area contributed by atoms with Gasteiger partial charge >= 0.3 is 5.97 Å². The number of hydrogen-bond donors (Lipinski definition) is 2. The molecular weight excluding hydrogens is 326 g/mol. The third-order valence-corrected chi connectivity index (χ3v) is 4.41. The summed E-state index contributed by atoms with van der Waals surface area (Å²) in [6.45, 7) is 2.36. The molecule has 0 spiro atoms. The number of carbonyl (C=O) groups excluding carboxylic acids is 2. The Bertz CT molecular complexity index is 631. The van der Waals surface area contributed by atoms with Gasteiger partial charge in [-0.15, -0.1) is 0 Å². The molecule has 1 heterocycles. The first-order valence-electron chi connectivity index (χ1n) is 8.29. The van der Waals surface area contributed by atoms with E-state index in [-0.39, 0.29) is 37.6 Å².